The Morgan fingerprint density at radius 2 is 0.378 bits per heavy atom. The minimum absolute atomic E-state index is 0. The molecule has 264 valence electrons. The Morgan fingerprint density at radius 3 is 0.489 bits per heavy atom. The molecule has 4 N–H and O–H groups in total. The van der Waals surface area contributed by atoms with Gasteiger partial charge in [-0.25, -0.2) is 0 Å². The van der Waals surface area contributed by atoms with E-state index in [0.717, 1.165) is 47.5 Å². The Hall–Kier alpha value is 1.16. The molecule has 6 aliphatic rings. The zero-order chi connectivity index (χ0) is 31.7. The first-order valence-corrected chi connectivity index (χ1v) is 24.3. The van der Waals surface area contributed by atoms with Crippen molar-refractivity contribution in [2.45, 2.75) is 226 Å². The molecular weight excluding hydrogens is 668 g/mol. The van der Waals surface area contributed by atoms with Crippen molar-refractivity contribution in [2.24, 2.45) is 0 Å². The second kappa shape index (κ2) is 23.5. The predicted octanol–water partition coefficient (Wildman–Crippen LogP) is 11.1. The van der Waals surface area contributed by atoms with E-state index in [0.29, 0.717) is 0 Å². The molecule has 0 saturated heterocycles. The van der Waals surface area contributed by atoms with Crippen molar-refractivity contribution in [3.05, 3.63) is 0 Å². The van der Waals surface area contributed by atoms with Crippen LogP contribution in [0.5, 0.6) is 0 Å². The van der Waals surface area contributed by atoms with Crippen LogP contribution in [0.2, 0.25) is 33.2 Å². The van der Waals surface area contributed by atoms with Gasteiger partial charge in [0.05, 0.1) is 0 Å². The standard InChI is InChI=1S/2C18H34OSi.2CH4O.Zr/c2*19-20(16-10-4-1-5-11-16,17-12-6-2-7-13-17)18-14-8-3-9-15-18;2*1-2;/h2*16-19H,1-15H2;2*2H,1H3;. The molecule has 0 atom stereocenters. The van der Waals surface area contributed by atoms with Crippen LogP contribution in [0.3, 0.4) is 0 Å². The normalized spacial score (nSPS) is 25.7. The van der Waals surface area contributed by atoms with E-state index < -0.39 is 16.6 Å². The maximum atomic E-state index is 12.0. The smallest absolute Gasteiger partial charge is 0.197 e. The average Bonchev–Trinajstić information content (AvgIpc) is 3.15. The number of rotatable bonds is 6. The van der Waals surface area contributed by atoms with Crippen molar-refractivity contribution in [2.75, 3.05) is 14.2 Å². The molecule has 0 aliphatic heterocycles. The van der Waals surface area contributed by atoms with Gasteiger partial charge in [-0.3, -0.25) is 0 Å². The first kappa shape index (κ1) is 42.3. The van der Waals surface area contributed by atoms with Crippen molar-refractivity contribution in [1.29, 1.82) is 0 Å². The Kier molecular flexibility index (Phi) is 22.1. The predicted molar refractivity (Wildman–Crippen MR) is 193 cm³/mol. The van der Waals surface area contributed by atoms with Gasteiger partial charge in [-0.2, -0.15) is 0 Å². The van der Waals surface area contributed by atoms with Crippen LogP contribution in [0.25, 0.3) is 0 Å². The van der Waals surface area contributed by atoms with Gasteiger partial charge >= 0.3 is 0 Å². The van der Waals surface area contributed by atoms with Gasteiger partial charge in [0.2, 0.25) is 0 Å². The molecule has 0 spiro atoms. The van der Waals surface area contributed by atoms with Gasteiger partial charge in [-0.1, -0.05) is 193 Å². The van der Waals surface area contributed by atoms with Crippen molar-refractivity contribution < 1.29 is 46.0 Å². The van der Waals surface area contributed by atoms with E-state index in [4.69, 9.17) is 10.2 Å². The molecule has 7 heteroatoms. The molecule has 4 nitrogen and oxygen atoms in total. The number of hydrogen-bond donors (Lipinski definition) is 4. The summed E-state index contributed by atoms with van der Waals surface area (Å²) >= 11 is 0. The van der Waals surface area contributed by atoms with Gasteiger partial charge in [0.25, 0.3) is 0 Å². The van der Waals surface area contributed by atoms with Crippen LogP contribution in [0.4, 0.5) is 0 Å². The SMILES string of the molecule is CO.CO.O[Si](C1CCCCC1)(C1CCCCC1)C1CCCCC1.O[Si](C1CCCCC1)(C1CCCCC1)C1CCCCC1.[Zr]. The molecule has 6 rings (SSSR count). The summed E-state index contributed by atoms with van der Waals surface area (Å²) < 4.78 is 0. The molecule has 0 unspecified atom stereocenters. The monoisotopic (exact) mass is 742 g/mol. The fraction of sp³-hybridized carbons (Fsp3) is 1.00. The fourth-order valence-corrected chi connectivity index (χ4v) is 23.4. The Labute approximate surface area is 301 Å². The van der Waals surface area contributed by atoms with Gasteiger partial charge < -0.3 is 19.8 Å². The molecule has 6 saturated carbocycles. The van der Waals surface area contributed by atoms with Gasteiger partial charge in [-0.05, 0) is 33.2 Å². The Morgan fingerprint density at radius 1 is 0.267 bits per heavy atom. The molecule has 6 fully saturated rings. The number of hydrogen-bond acceptors (Lipinski definition) is 4. The Bertz CT molecular complexity index is 555. The minimum Gasteiger partial charge on any atom is -0.431 e. The summed E-state index contributed by atoms with van der Waals surface area (Å²) in [4.78, 5) is 24.0. The van der Waals surface area contributed by atoms with Crippen molar-refractivity contribution in [1.82, 2.24) is 0 Å². The topological polar surface area (TPSA) is 80.9 Å². The summed E-state index contributed by atoms with van der Waals surface area (Å²) in [5, 5.41) is 14.0. The molecule has 0 aromatic carbocycles. The largest absolute Gasteiger partial charge is 0.431 e. The van der Waals surface area contributed by atoms with Crippen molar-refractivity contribution >= 4 is 16.6 Å². The van der Waals surface area contributed by atoms with Crippen LogP contribution >= 0.6 is 0 Å². The van der Waals surface area contributed by atoms with Gasteiger partial charge in [0, 0.05) is 40.4 Å². The van der Waals surface area contributed by atoms with Crippen LogP contribution in [0.15, 0.2) is 0 Å². The zero-order valence-corrected chi connectivity index (χ0v) is 34.4. The quantitative estimate of drug-likeness (QED) is 0.204. The molecular formula is C38H76O4Si2Zr. The third kappa shape index (κ3) is 11.6. The van der Waals surface area contributed by atoms with Crippen LogP contribution < -0.4 is 0 Å². The molecule has 0 aromatic heterocycles. The summed E-state index contributed by atoms with van der Waals surface area (Å²) in [5.74, 6) is 0. The molecule has 45 heavy (non-hydrogen) atoms. The van der Waals surface area contributed by atoms with E-state index >= 15 is 0 Å². The van der Waals surface area contributed by atoms with E-state index in [1.54, 1.807) is 0 Å². The summed E-state index contributed by atoms with van der Waals surface area (Å²) in [7, 11) is -2.09. The van der Waals surface area contributed by atoms with Gasteiger partial charge in [0.15, 0.2) is 16.6 Å². The third-order valence-electron chi connectivity index (χ3n) is 13.6. The molecule has 6 aliphatic carbocycles. The molecule has 0 bridgehead atoms. The summed E-state index contributed by atoms with van der Waals surface area (Å²) in [6, 6.07) is 0. The summed E-state index contributed by atoms with van der Waals surface area (Å²) in [5.41, 5.74) is 4.60. The number of aliphatic hydroxyl groups excluding tert-OH is 2. The second-order valence-electron chi connectivity index (χ2n) is 15.8. The zero-order valence-electron chi connectivity index (χ0n) is 30.0. The Balaban J connectivity index is 0.000000277. The van der Waals surface area contributed by atoms with E-state index in [-0.39, 0.29) is 26.2 Å². The van der Waals surface area contributed by atoms with E-state index in [2.05, 4.69) is 0 Å². The van der Waals surface area contributed by atoms with Crippen LogP contribution in [-0.2, 0) is 26.2 Å². The molecule has 0 radical (unpaired) electrons. The third-order valence-corrected chi connectivity index (χ3v) is 24.9. The van der Waals surface area contributed by atoms with E-state index in [1.807, 2.05) is 0 Å². The van der Waals surface area contributed by atoms with Gasteiger partial charge in [-0.15, -0.1) is 0 Å². The van der Waals surface area contributed by atoms with Crippen molar-refractivity contribution in [3.8, 4) is 0 Å². The molecule has 0 heterocycles. The van der Waals surface area contributed by atoms with Crippen molar-refractivity contribution in [3.63, 3.8) is 0 Å². The number of aliphatic hydroxyl groups is 2. The molecule has 0 aromatic rings. The maximum absolute atomic E-state index is 12.0. The second-order valence-corrected chi connectivity index (χ2v) is 24.2. The summed E-state index contributed by atoms with van der Waals surface area (Å²) in [6.07, 6.45) is 41.8. The molecule has 0 amide bonds. The summed E-state index contributed by atoms with van der Waals surface area (Å²) in [6.45, 7) is 0. The van der Waals surface area contributed by atoms with E-state index in [9.17, 15) is 9.59 Å². The van der Waals surface area contributed by atoms with Crippen LogP contribution in [0, 0.1) is 0 Å². The first-order valence-electron chi connectivity index (χ1n) is 20.0. The van der Waals surface area contributed by atoms with Gasteiger partial charge in [0.1, 0.15) is 0 Å². The van der Waals surface area contributed by atoms with Crippen LogP contribution in [0.1, 0.15) is 193 Å². The maximum Gasteiger partial charge on any atom is 0.197 e. The first-order chi connectivity index (χ1) is 21.6. The average molecular weight is 744 g/mol. The fourth-order valence-electron chi connectivity index (χ4n) is 11.4. The van der Waals surface area contributed by atoms with Crippen LogP contribution in [-0.4, -0.2) is 50.7 Å². The van der Waals surface area contributed by atoms with E-state index in [1.165, 1.54) is 193 Å². The minimum atomic E-state index is -2.05.